The Morgan fingerprint density at radius 3 is 3.20 bits per heavy atom. The molecule has 0 saturated heterocycles. The summed E-state index contributed by atoms with van der Waals surface area (Å²) in [6, 6.07) is 3.89. The van der Waals surface area contributed by atoms with Crippen LogP contribution in [-0.4, -0.2) is 41.7 Å². The Morgan fingerprint density at radius 2 is 2.24 bits per heavy atom. The van der Waals surface area contributed by atoms with E-state index in [0.717, 1.165) is 55.2 Å². The number of pyridine rings is 1. The van der Waals surface area contributed by atoms with Crippen molar-refractivity contribution in [2.45, 2.75) is 31.8 Å². The molecular formula is C18H22N4O2S. The molecule has 2 atom stereocenters. The average Bonchev–Trinajstić information content (AvgIpc) is 3.29. The lowest BCUT2D eigenvalue weighted by molar-refractivity contribution is 0.0552. The van der Waals surface area contributed by atoms with Gasteiger partial charge in [0.15, 0.2) is 0 Å². The van der Waals surface area contributed by atoms with Crippen molar-refractivity contribution in [1.29, 1.82) is 0 Å². The van der Waals surface area contributed by atoms with Crippen molar-refractivity contribution >= 4 is 23.1 Å². The van der Waals surface area contributed by atoms with Gasteiger partial charge in [0.05, 0.1) is 6.10 Å². The van der Waals surface area contributed by atoms with Crippen LogP contribution in [0.15, 0.2) is 23.7 Å². The second-order valence-electron chi connectivity index (χ2n) is 6.63. The fraction of sp³-hybridized carbons (Fsp3) is 0.500. The number of aromatic nitrogens is 2. The monoisotopic (exact) mass is 358 g/mol. The summed E-state index contributed by atoms with van der Waals surface area (Å²) >= 11 is 1.49. The zero-order chi connectivity index (χ0) is 17.1. The van der Waals surface area contributed by atoms with Gasteiger partial charge in [-0.25, -0.2) is 9.97 Å². The maximum Gasteiger partial charge on any atom is 0.270 e. The summed E-state index contributed by atoms with van der Waals surface area (Å²) in [5, 5.41) is 9.03. The van der Waals surface area contributed by atoms with E-state index in [1.165, 1.54) is 11.3 Å². The molecule has 0 spiro atoms. The van der Waals surface area contributed by atoms with Gasteiger partial charge in [0.2, 0.25) is 0 Å². The van der Waals surface area contributed by atoms with Crippen molar-refractivity contribution in [3.8, 4) is 10.6 Å². The van der Waals surface area contributed by atoms with Crippen molar-refractivity contribution in [3.63, 3.8) is 0 Å². The van der Waals surface area contributed by atoms with Gasteiger partial charge < -0.3 is 15.4 Å². The zero-order valence-corrected chi connectivity index (χ0v) is 14.8. The third-order valence-electron chi connectivity index (χ3n) is 4.77. The van der Waals surface area contributed by atoms with Crippen LogP contribution in [0.3, 0.4) is 0 Å². The van der Waals surface area contributed by atoms with Crippen LogP contribution in [-0.2, 0) is 4.74 Å². The lowest BCUT2D eigenvalue weighted by atomic mass is 10.1. The minimum atomic E-state index is -0.0939. The number of carbonyl (C=O) groups excluding carboxylic acids is 1. The molecule has 1 fully saturated rings. The first-order chi connectivity index (χ1) is 12.3. The Labute approximate surface area is 151 Å². The van der Waals surface area contributed by atoms with E-state index in [9.17, 15) is 4.79 Å². The molecule has 0 radical (unpaired) electrons. The van der Waals surface area contributed by atoms with Crippen LogP contribution >= 0.6 is 11.3 Å². The van der Waals surface area contributed by atoms with Gasteiger partial charge in [-0.2, -0.15) is 0 Å². The molecule has 7 heteroatoms. The second kappa shape index (κ2) is 7.49. The Morgan fingerprint density at radius 1 is 1.28 bits per heavy atom. The molecule has 2 aliphatic rings. The van der Waals surface area contributed by atoms with E-state index in [2.05, 4.69) is 20.6 Å². The van der Waals surface area contributed by atoms with E-state index >= 15 is 0 Å². The van der Waals surface area contributed by atoms with Gasteiger partial charge in [0, 0.05) is 36.8 Å². The highest BCUT2D eigenvalue weighted by atomic mass is 32.1. The molecule has 1 saturated carbocycles. The highest BCUT2D eigenvalue weighted by Crippen LogP contribution is 2.28. The first-order valence-electron chi connectivity index (χ1n) is 8.83. The highest BCUT2D eigenvalue weighted by Gasteiger charge is 2.26. The molecule has 2 aromatic rings. The lowest BCUT2D eigenvalue weighted by Gasteiger charge is -2.13. The number of carbonyl (C=O) groups is 1. The van der Waals surface area contributed by atoms with Gasteiger partial charge in [-0.05, 0) is 43.7 Å². The van der Waals surface area contributed by atoms with Crippen LogP contribution in [0, 0.1) is 5.92 Å². The predicted octanol–water partition coefficient (Wildman–Crippen LogP) is 2.94. The fourth-order valence-corrected chi connectivity index (χ4v) is 4.20. The second-order valence-corrected chi connectivity index (χ2v) is 7.49. The summed E-state index contributed by atoms with van der Waals surface area (Å²) in [5.74, 6) is 1.23. The van der Waals surface area contributed by atoms with Crippen molar-refractivity contribution in [2.75, 3.05) is 25.0 Å². The summed E-state index contributed by atoms with van der Waals surface area (Å²) in [5.41, 5.74) is 1.46. The van der Waals surface area contributed by atoms with Crippen molar-refractivity contribution in [2.24, 2.45) is 5.92 Å². The van der Waals surface area contributed by atoms with E-state index in [1.54, 1.807) is 6.20 Å². The van der Waals surface area contributed by atoms with Gasteiger partial charge in [0.1, 0.15) is 16.5 Å². The molecule has 6 nitrogen and oxygen atoms in total. The predicted molar refractivity (Wildman–Crippen MR) is 97.9 cm³/mol. The largest absolute Gasteiger partial charge is 0.378 e. The number of rotatable bonds is 0. The summed E-state index contributed by atoms with van der Waals surface area (Å²) < 4.78 is 5.98. The molecule has 2 aromatic heterocycles. The normalized spacial score (nSPS) is 24.2. The van der Waals surface area contributed by atoms with E-state index in [4.69, 9.17) is 4.74 Å². The Balaban J connectivity index is 1.55. The Bertz CT molecular complexity index is 748. The van der Waals surface area contributed by atoms with Crippen LogP contribution in [0.2, 0.25) is 0 Å². The van der Waals surface area contributed by atoms with Crippen molar-refractivity contribution in [1.82, 2.24) is 15.3 Å². The number of nitrogens with zero attached hydrogens (tertiary/aromatic N) is 2. The van der Waals surface area contributed by atoms with E-state index in [-0.39, 0.29) is 5.91 Å². The summed E-state index contributed by atoms with van der Waals surface area (Å²) in [6.07, 6.45) is 6.26. The van der Waals surface area contributed by atoms with Gasteiger partial charge in [-0.15, -0.1) is 11.3 Å². The smallest absolute Gasteiger partial charge is 0.270 e. The Kier molecular flexibility index (Phi) is 4.94. The summed E-state index contributed by atoms with van der Waals surface area (Å²) in [4.78, 5) is 21.2. The first-order valence-corrected chi connectivity index (χ1v) is 9.71. The summed E-state index contributed by atoms with van der Waals surface area (Å²) in [7, 11) is 0. The van der Waals surface area contributed by atoms with E-state index in [0.29, 0.717) is 24.3 Å². The maximum absolute atomic E-state index is 12.4. The van der Waals surface area contributed by atoms with Gasteiger partial charge in [0.25, 0.3) is 5.91 Å². The molecular weight excluding hydrogens is 336 g/mol. The van der Waals surface area contributed by atoms with E-state index in [1.807, 2.05) is 17.5 Å². The molecule has 132 valence electrons. The van der Waals surface area contributed by atoms with Crippen LogP contribution in [0.5, 0.6) is 0 Å². The maximum atomic E-state index is 12.4. The highest BCUT2D eigenvalue weighted by molar-refractivity contribution is 7.13. The molecule has 1 aliphatic carbocycles. The minimum Gasteiger partial charge on any atom is -0.378 e. The van der Waals surface area contributed by atoms with Gasteiger partial charge in [-0.1, -0.05) is 0 Å². The summed E-state index contributed by atoms with van der Waals surface area (Å²) in [6.45, 7) is 2.29. The molecule has 3 heterocycles. The van der Waals surface area contributed by atoms with Crippen molar-refractivity contribution in [3.05, 3.63) is 29.4 Å². The minimum absolute atomic E-state index is 0.0939. The molecule has 25 heavy (non-hydrogen) atoms. The van der Waals surface area contributed by atoms with Gasteiger partial charge >= 0.3 is 0 Å². The standard InChI is InChI=1S/C18H22N4O2S/c23-17-15-11-25-18(22-15)13-4-6-20-16(9-13)19-5-1-7-24-14-3-2-12(8-14)10-21-17/h4,6,9,11-12,14H,1-3,5,7-8,10H2,(H,19,20)(H,21,23)/t12-,14-/m0/s1. The van der Waals surface area contributed by atoms with Crippen LogP contribution in [0.25, 0.3) is 10.6 Å². The number of fused-ring (bicyclic) bond motifs is 7. The first kappa shape index (κ1) is 16.5. The number of thiazole rings is 1. The molecule has 0 unspecified atom stereocenters. The lowest BCUT2D eigenvalue weighted by Crippen LogP contribution is -2.29. The molecule has 1 aliphatic heterocycles. The number of hydrogen-bond acceptors (Lipinski definition) is 6. The number of nitrogens with one attached hydrogen (secondary N) is 2. The molecule has 1 amide bonds. The van der Waals surface area contributed by atoms with Gasteiger partial charge in [-0.3, -0.25) is 4.79 Å². The molecule has 2 N–H and O–H groups in total. The molecule has 0 aromatic carbocycles. The van der Waals surface area contributed by atoms with E-state index < -0.39 is 0 Å². The number of anilines is 1. The third-order valence-corrected chi connectivity index (χ3v) is 5.66. The zero-order valence-electron chi connectivity index (χ0n) is 14.0. The molecule has 4 rings (SSSR count). The SMILES string of the molecule is O=C1NC[C@H]2CC[C@@H](C2)OCCCNc2cc(ccn2)-c2nc1cs2. The Hall–Kier alpha value is -1.99. The number of hydrogen-bond donors (Lipinski definition) is 2. The van der Waals surface area contributed by atoms with Crippen LogP contribution in [0.1, 0.15) is 36.2 Å². The van der Waals surface area contributed by atoms with Crippen LogP contribution in [0.4, 0.5) is 5.82 Å². The quantitative estimate of drug-likeness (QED) is 0.757. The molecule has 6 bridgehead atoms. The van der Waals surface area contributed by atoms with Crippen LogP contribution < -0.4 is 10.6 Å². The third kappa shape index (κ3) is 3.99. The number of amides is 1. The van der Waals surface area contributed by atoms with Crippen molar-refractivity contribution < 1.29 is 9.53 Å². The number of ether oxygens (including phenoxy) is 1. The topological polar surface area (TPSA) is 76.1 Å². The fourth-order valence-electron chi connectivity index (χ4n) is 3.40. The average molecular weight is 358 g/mol.